The second-order valence-corrected chi connectivity index (χ2v) is 5.71. The number of carbonyl (C=O) groups is 1. The molecule has 0 amide bonds. The van der Waals surface area contributed by atoms with Crippen LogP contribution in [-0.2, 0) is 0 Å². The van der Waals surface area contributed by atoms with Crippen molar-refractivity contribution < 1.29 is 4.79 Å². The molecule has 2 heteroatoms. The fourth-order valence-electron chi connectivity index (χ4n) is 2.42. The van der Waals surface area contributed by atoms with E-state index in [-0.39, 0.29) is 5.78 Å². The van der Waals surface area contributed by atoms with Crippen molar-refractivity contribution in [3.05, 3.63) is 64.2 Å². The Kier molecular flexibility index (Phi) is 4.11. The van der Waals surface area contributed by atoms with E-state index in [1.807, 2.05) is 44.4 Å². The number of benzene rings is 2. The number of ketones is 1. The molecule has 0 heterocycles. The number of hydrogen-bond acceptors (Lipinski definition) is 2. The molecule has 0 aliphatic heterocycles. The smallest absolute Gasteiger partial charge is 0.193 e. The summed E-state index contributed by atoms with van der Waals surface area (Å²) < 4.78 is 0. The zero-order chi connectivity index (χ0) is 14.0. The van der Waals surface area contributed by atoms with Crippen molar-refractivity contribution in [1.82, 2.24) is 0 Å². The van der Waals surface area contributed by atoms with Crippen LogP contribution >= 0.6 is 11.8 Å². The predicted molar refractivity (Wildman–Crippen MR) is 82.3 cm³/mol. The van der Waals surface area contributed by atoms with Crippen LogP contribution in [0.25, 0.3) is 0 Å². The fraction of sp³-hybridized carbons (Fsp3) is 0.235. The van der Waals surface area contributed by atoms with Gasteiger partial charge in [-0.15, -0.1) is 11.8 Å². The van der Waals surface area contributed by atoms with Crippen LogP contribution in [-0.4, -0.2) is 12.0 Å². The molecule has 0 saturated heterocycles. The Hall–Kier alpha value is -1.54. The summed E-state index contributed by atoms with van der Waals surface area (Å²) in [5.74, 6) is 0.114. The minimum atomic E-state index is 0.114. The molecule has 0 fully saturated rings. The third-order valence-electron chi connectivity index (χ3n) is 3.26. The highest BCUT2D eigenvalue weighted by Gasteiger charge is 2.14. The molecule has 2 aromatic rings. The van der Waals surface area contributed by atoms with Crippen molar-refractivity contribution in [2.24, 2.45) is 0 Å². The van der Waals surface area contributed by atoms with Crippen LogP contribution in [0.4, 0.5) is 0 Å². The molecule has 0 unspecified atom stereocenters. The average molecular weight is 270 g/mol. The monoisotopic (exact) mass is 270 g/mol. The lowest BCUT2D eigenvalue weighted by molar-refractivity contribution is 0.103. The molecule has 2 aromatic carbocycles. The molecule has 0 N–H and O–H groups in total. The molecule has 0 aromatic heterocycles. The standard InChI is InChI=1S/C17H18OS/c1-11-9-12(2)16(13(3)10-11)17(18)14-5-7-15(19-4)8-6-14/h5-10H,1-4H3. The maximum absolute atomic E-state index is 12.6. The Morgan fingerprint density at radius 1 is 0.947 bits per heavy atom. The Morgan fingerprint density at radius 3 is 1.95 bits per heavy atom. The SMILES string of the molecule is CSc1ccc(C(=O)c2c(C)cc(C)cc2C)cc1. The lowest BCUT2D eigenvalue weighted by atomic mass is 9.93. The average Bonchev–Trinajstić information content (AvgIpc) is 2.37. The highest BCUT2D eigenvalue weighted by molar-refractivity contribution is 7.98. The lowest BCUT2D eigenvalue weighted by Crippen LogP contribution is -2.06. The number of thioether (sulfide) groups is 1. The quantitative estimate of drug-likeness (QED) is 0.600. The van der Waals surface area contributed by atoms with Gasteiger partial charge in [0, 0.05) is 16.0 Å². The van der Waals surface area contributed by atoms with Gasteiger partial charge in [-0.05, 0) is 62.4 Å². The van der Waals surface area contributed by atoms with Gasteiger partial charge in [0.1, 0.15) is 0 Å². The molecule has 0 atom stereocenters. The van der Waals surface area contributed by atoms with E-state index < -0.39 is 0 Å². The number of carbonyl (C=O) groups excluding carboxylic acids is 1. The van der Waals surface area contributed by atoms with Crippen molar-refractivity contribution >= 4 is 17.5 Å². The van der Waals surface area contributed by atoms with Gasteiger partial charge in [0.25, 0.3) is 0 Å². The Balaban J connectivity index is 2.44. The first kappa shape index (κ1) is 13.9. The van der Waals surface area contributed by atoms with Crippen molar-refractivity contribution in [3.63, 3.8) is 0 Å². The van der Waals surface area contributed by atoms with Gasteiger partial charge >= 0.3 is 0 Å². The summed E-state index contributed by atoms with van der Waals surface area (Å²) in [4.78, 5) is 13.8. The normalized spacial score (nSPS) is 10.5. The second-order valence-electron chi connectivity index (χ2n) is 4.83. The van der Waals surface area contributed by atoms with Crippen LogP contribution in [0.15, 0.2) is 41.3 Å². The van der Waals surface area contributed by atoms with Crippen molar-refractivity contribution in [1.29, 1.82) is 0 Å². The van der Waals surface area contributed by atoms with Gasteiger partial charge in [-0.3, -0.25) is 4.79 Å². The van der Waals surface area contributed by atoms with Crippen LogP contribution in [0.1, 0.15) is 32.6 Å². The topological polar surface area (TPSA) is 17.1 Å². The summed E-state index contributed by atoms with van der Waals surface area (Å²) in [5, 5.41) is 0. The molecule has 0 spiro atoms. The van der Waals surface area contributed by atoms with E-state index in [9.17, 15) is 4.79 Å². The molecule has 19 heavy (non-hydrogen) atoms. The zero-order valence-electron chi connectivity index (χ0n) is 11.8. The van der Waals surface area contributed by atoms with Crippen molar-refractivity contribution in [2.75, 3.05) is 6.26 Å². The van der Waals surface area contributed by atoms with Crippen LogP contribution < -0.4 is 0 Å². The van der Waals surface area contributed by atoms with Gasteiger partial charge in [0.2, 0.25) is 0 Å². The van der Waals surface area contributed by atoms with E-state index in [1.54, 1.807) is 11.8 Å². The van der Waals surface area contributed by atoms with Crippen molar-refractivity contribution in [2.45, 2.75) is 25.7 Å². The van der Waals surface area contributed by atoms with Gasteiger partial charge in [-0.25, -0.2) is 0 Å². The minimum absolute atomic E-state index is 0.114. The van der Waals surface area contributed by atoms with Gasteiger partial charge in [-0.2, -0.15) is 0 Å². The molecular weight excluding hydrogens is 252 g/mol. The van der Waals surface area contributed by atoms with E-state index in [1.165, 1.54) is 10.5 Å². The first-order valence-electron chi connectivity index (χ1n) is 6.29. The first-order chi connectivity index (χ1) is 9.02. The number of rotatable bonds is 3. The van der Waals surface area contributed by atoms with Gasteiger partial charge in [0.05, 0.1) is 0 Å². The summed E-state index contributed by atoms with van der Waals surface area (Å²) in [6.45, 7) is 6.06. The number of hydrogen-bond donors (Lipinski definition) is 0. The molecule has 0 bridgehead atoms. The molecule has 0 aliphatic carbocycles. The molecule has 2 rings (SSSR count). The van der Waals surface area contributed by atoms with Crippen LogP contribution in [0, 0.1) is 20.8 Å². The summed E-state index contributed by atoms with van der Waals surface area (Å²) in [6.07, 6.45) is 2.03. The zero-order valence-corrected chi connectivity index (χ0v) is 12.6. The Morgan fingerprint density at radius 2 is 1.47 bits per heavy atom. The van der Waals surface area contributed by atoms with E-state index in [0.717, 1.165) is 22.3 Å². The van der Waals surface area contributed by atoms with E-state index in [2.05, 4.69) is 19.1 Å². The van der Waals surface area contributed by atoms with E-state index in [0.29, 0.717) is 0 Å². The van der Waals surface area contributed by atoms with Gasteiger partial charge < -0.3 is 0 Å². The molecule has 0 radical (unpaired) electrons. The van der Waals surface area contributed by atoms with Crippen LogP contribution in [0.2, 0.25) is 0 Å². The third kappa shape index (κ3) is 2.90. The molecule has 1 nitrogen and oxygen atoms in total. The largest absolute Gasteiger partial charge is 0.289 e. The third-order valence-corrected chi connectivity index (χ3v) is 4.00. The van der Waals surface area contributed by atoms with E-state index >= 15 is 0 Å². The number of aryl methyl sites for hydroxylation is 3. The van der Waals surface area contributed by atoms with Crippen LogP contribution in [0.5, 0.6) is 0 Å². The van der Waals surface area contributed by atoms with Gasteiger partial charge in [0.15, 0.2) is 5.78 Å². The second kappa shape index (κ2) is 5.62. The summed E-state index contributed by atoms with van der Waals surface area (Å²) in [6, 6.07) is 11.9. The molecule has 0 saturated carbocycles. The van der Waals surface area contributed by atoms with E-state index in [4.69, 9.17) is 0 Å². The Bertz CT molecular complexity index is 589. The fourth-order valence-corrected chi connectivity index (χ4v) is 2.83. The highest BCUT2D eigenvalue weighted by atomic mass is 32.2. The maximum atomic E-state index is 12.6. The predicted octanol–water partition coefficient (Wildman–Crippen LogP) is 4.56. The first-order valence-corrected chi connectivity index (χ1v) is 7.52. The van der Waals surface area contributed by atoms with Crippen LogP contribution in [0.3, 0.4) is 0 Å². The minimum Gasteiger partial charge on any atom is -0.289 e. The van der Waals surface area contributed by atoms with Crippen molar-refractivity contribution in [3.8, 4) is 0 Å². The Labute approximate surface area is 119 Å². The summed E-state index contributed by atoms with van der Waals surface area (Å²) in [5.41, 5.74) is 4.90. The maximum Gasteiger partial charge on any atom is 0.193 e. The molecule has 98 valence electrons. The highest BCUT2D eigenvalue weighted by Crippen LogP contribution is 2.22. The molecular formula is C17H18OS. The van der Waals surface area contributed by atoms with Gasteiger partial charge in [-0.1, -0.05) is 17.7 Å². The summed E-state index contributed by atoms with van der Waals surface area (Å²) >= 11 is 1.68. The summed E-state index contributed by atoms with van der Waals surface area (Å²) in [7, 11) is 0. The molecule has 0 aliphatic rings. The lowest BCUT2D eigenvalue weighted by Gasteiger charge is -2.10.